The Morgan fingerprint density at radius 3 is 2.62 bits per heavy atom. The molecule has 26 heavy (non-hydrogen) atoms. The highest BCUT2D eigenvalue weighted by molar-refractivity contribution is 6.32. The fourth-order valence-electron chi connectivity index (χ4n) is 2.42. The average Bonchev–Trinajstić information content (AvgIpc) is 2.66. The number of pyridine rings is 1. The van der Waals surface area contributed by atoms with E-state index in [-0.39, 0.29) is 5.91 Å². The zero-order chi connectivity index (χ0) is 18.9. The Bertz CT molecular complexity index is 753. The first-order valence-electron chi connectivity index (χ1n) is 8.51. The van der Waals surface area contributed by atoms with Crippen molar-refractivity contribution in [3.05, 3.63) is 41.0 Å². The molecular weight excluding hydrogens is 354 g/mol. The molecule has 0 unspecified atom stereocenters. The molecule has 0 fully saturated rings. The molecule has 0 saturated carbocycles. The van der Waals surface area contributed by atoms with Gasteiger partial charge < -0.3 is 20.1 Å². The summed E-state index contributed by atoms with van der Waals surface area (Å²) in [4.78, 5) is 16.5. The summed E-state index contributed by atoms with van der Waals surface area (Å²) in [6, 6.07) is 6.75. The van der Waals surface area contributed by atoms with E-state index < -0.39 is 0 Å². The number of halogens is 1. The lowest BCUT2D eigenvalue weighted by Crippen LogP contribution is -2.24. The number of anilines is 2. The largest absolute Gasteiger partial charge is 0.495 e. The Hall–Kier alpha value is -2.47. The lowest BCUT2D eigenvalue weighted by molar-refractivity contribution is 0.0953. The van der Waals surface area contributed by atoms with Gasteiger partial charge in [-0.3, -0.25) is 4.79 Å². The summed E-state index contributed by atoms with van der Waals surface area (Å²) in [7, 11) is 3.09. The Balaban J connectivity index is 2.14. The quantitative estimate of drug-likeness (QED) is 0.633. The second-order valence-electron chi connectivity index (χ2n) is 5.70. The first kappa shape index (κ1) is 19.8. The second kappa shape index (κ2) is 9.87. The smallest absolute Gasteiger partial charge is 0.251 e. The van der Waals surface area contributed by atoms with E-state index in [9.17, 15) is 4.79 Å². The van der Waals surface area contributed by atoms with Gasteiger partial charge in [0.25, 0.3) is 5.91 Å². The van der Waals surface area contributed by atoms with Gasteiger partial charge in [0.15, 0.2) is 0 Å². The van der Waals surface area contributed by atoms with Gasteiger partial charge in [-0.25, -0.2) is 4.98 Å². The number of carbonyl (C=O) groups is 1. The third kappa shape index (κ3) is 5.26. The van der Waals surface area contributed by atoms with Crippen LogP contribution in [0.1, 0.15) is 36.5 Å². The number of methoxy groups -OCH3 is 2. The molecular formula is C19H24ClN3O3. The number of carbonyl (C=O) groups excluding carboxylic acids is 1. The van der Waals surface area contributed by atoms with Crippen LogP contribution in [0.15, 0.2) is 30.5 Å². The maximum absolute atomic E-state index is 12.3. The minimum Gasteiger partial charge on any atom is -0.495 e. The lowest BCUT2D eigenvalue weighted by atomic mass is 10.2. The van der Waals surface area contributed by atoms with Gasteiger partial charge in [0.1, 0.15) is 17.3 Å². The summed E-state index contributed by atoms with van der Waals surface area (Å²) in [5.41, 5.74) is 1.18. The number of benzene rings is 1. The Kier molecular flexibility index (Phi) is 7.53. The monoisotopic (exact) mass is 377 g/mol. The summed E-state index contributed by atoms with van der Waals surface area (Å²) in [6.07, 6.45) is 4.77. The van der Waals surface area contributed by atoms with Crippen molar-refractivity contribution in [1.82, 2.24) is 10.3 Å². The van der Waals surface area contributed by atoms with E-state index in [1.54, 1.807) is 44.7 Å². The molecule has 0 aliphatic carbocycles. The highest BCUT2D eigenvalue weighted by atomic mass is 35.5. The fraction of sp³-hybridized carbons (Fsp3) is 0.368. The zero-order valence-electron chi connectivity index (χ0n) is 15.3. The number of nitrogens with one attached hydrogen (secondary N) is 2. The van der Waals surface area contributed by atoms with Gasteiger partial charge in [-0.2, -0.15) is 0 Å². The molecule has 0 saturated heterocycles. The molecule has 0 aliphatic rings. The van der Waals surface area contributed by atoms with E-state index in [4.69, 9.17) is 21.1 Å². The van der Waals surface area contributed by atoms with Crippen molar-refractivity contribution in [2.45, 2.75) is 26.2 Å². The van der Waals surface area contributed by atoms with Crippen molar-refractivity contribution >= 4 is 29.0 Å². The van der Waals surface area contributed by atoms with E-state index in [2.05, 4.69) is 22.5 Å². The molecule has 0 radical (unpaired) electrons. The Morgan fingerprint density at radius 2 is 1.92 bits per heavy atom. The molecule has 1 heterocycles. The zero-order valence-corrected chi connectivity index (χ0v) is 16.0. The summed E-state index contributed by atoms with van der Waals surface area (Å²) < 4.78 is 10.6. The predicted molar refractivity (Wildman–Crippen MR) is 104 cm³/mol. The van der Waals surface area contributed by atoms with Crippen LogP contribution in [0, 0.1) is 0 Å². The number of nitrogens with zero attached hydrogens (tertiary/aromatic N) is 1. The van der Waals surface area contributed by atoms with Gasteiger partial charge in [0, 0.05) is 30.4 Å². The van der Waals surface area contributed by atoms with Crippen molar-refractivity contribution in [2.24, 2.45) is 0 Å². The van der Waals surface area contributed by atoms with Crippen molar-refractivity contribution < 1.29 is 14.3 Å². The van der Waals surface area contributed by atoms with Crippen LogP contribution in [0.2, 0.25) is 5.02 Å². The molecule has 2 N–H and O–H groups in total. The van der Waals surface area contributed by atoms with Gasteiger partial charge in [0.05, 0.1) is 24.9 Å². The van der Waals surface area contributed by atoms with Gasteiger partial charge in [0.2, 0.25) is 0 Å². The molecule has 2 rings (SSSR count). The first-order chi connectivity index (χ1) is 12.6. The number of hydrogen-bond donors (Lipinski definition) is 2. The third-order valence-electron chi connectivity index (χ3n) is 3.82. The van der Waals surface area contributed by atoms with Crippen LogP contribution < -0.4 is 20.1 Å². The number of aromatic nitrogens is 1. The molecule has 1 aromatic carbocycles. The third-order valence-corrected chi connectivity index (χ3v) is 4.12. The normalized spacial score (nSPS) is 10.3. The molecule has 0 spiro atoms. The van der Waals surface area contributed by atoms with Gasteiger partial charge in [-0.15, -0.1) is 0 Å². The van der Waals surface area contributed by atoms with Crippen LogP contribution in [0.25, 0.3) is 0 Å². The van der Waals surface area contributed by atoms with Crippen molar-refractivity contribution in [3.63, 3.8) is 0 Å². The van der Waals surface area contributed by atoms with Crippen LogP contribution in [-0.4, -0.2) is 31.7 Å². The summed E-state index contributed by atoms with van der Waals surface area (Å²) in [5.74, 6) is 1.47. The highest BCUT2D eigenvalue weighted by Crippen LogP contribution is 2.37. The van der Waals surface area contributed by atoms with Crippen LogP contribution in [-0.2, 0) is 0 Å². The van der Waals surface area contributed by atoms with Crippen molar-refractivity contribution in [3.8, 4) is 11.5 Å². The molecule has 0 aliphatic heterocycles. The first-order valence-corrected chi connectivity index (χ1v) is 8.89. The lowest BCUT2D eigenvalue weighted by Gasteiger charge is -2.14. The van der Waals surface area contributed by atoms with Crippen LogP contribution in [0.5, 0.6) is 11.5 Å². The van der Waals surface area contributed by atoms with E-state index in [0.29, 0.717) is 40.1 Å². The Morgan fingerprint density at radius 1 is 1.15 bits per heavy atom. The maximum Gasteiger partial charge on any atom is 0.251 e. The maximum atomic E-state index is 12.3. The number of hydrogen-bond acceptors (Lipinski definition) is 5. The van der Waals surface area contributed by atoms with E-state index in [0.717, 1.165) is 19.3 Å². The van der Waals surface area contributed by atoms with Gasteiger partial charge in [-0.05, 0) is 18.6 Å². The van der Waals surface area contributed by atoms with Crippen LogP contribution in [0.4, 0.5) is 11.5 Å². The molecule has 1 aromatic heterocycles. The summed E-state index contributed by atoms with van der Waals surface area (Å²) in [5, 5.41) is 6.51. The molecule has 7 heteroatoms. The SMILES string of the molecule is CCCCCNC(=O)c1ccnc(Nc2cc(OC)c(Cl)cc2OC)c1. The van der Waals surface area contributed by atoms with Crippen molar-refractivity contribution in [2.75, 3.05) is 26.1 Å². The highest BCUT2D eigenvalue weighted by Gasteiger charge is 2.12. The molecule has 0 atom stereocenters. The fourth-order valence-corrected chi connectivity index (χ4v) is 2.65. The van der Waals surface area contributed by atoms with Crippen LogP contribution in [0.3, 0.4) is 0 Å². The summed E-state index contributed by atoms with van der Waals surface area (Å²) in [6.45, 7) is 2.79. The molecule has 140 valence electrons. The molecule has 1 amide bonds. The average molecular weight is 378 g/mol. The van der Waals surface area contributed by atoms with Crippen LogP contribution >= 0.6 is 11.6 Å². The summed E-state index contributed by atoms with van der Waals surface area (Å²) >= 11 is 6.12. The van der Waals surface area contributed by atoms with Gasteiger partial charge in [-0.1, -0.05) is 31.4 Å². The predicted octanol–water partition coefficient (Wildman–Crippen LogP) is 4.42. The van der Waals surface area contributed by atoms with Crippen molar-refractivity contribution in [1.29, 1.82) is 0 Å². The number of rotatable bonds is 9. The van der Waals surface area contributed by atoms with E-state index in [1.165, 1.54) is 0 Å². The minimum atomic E-state index is -0.118. The topological polar surface area (TPSA) is 72.5 Å². The van der Waals surface area contributed by atoms with E-state index >= 15 is 0 Å². The Labute approximate surface area is 158 Å². The molecule has 0 bridgehead atoms. The minimum absolute atomic E-state index is 0.118. The molecule has 6 nitrogen and oxygen atoms in total. The standard InChI is InChI=1S/C19H24ClN3O3/c1-4-5-6-8-22-19(24)13-7-9-21-18(10-13)23-15-12-16(25-2)14(20)11-17(15)26-3/h7,9-12H,4-6,8H2,1-3H3,(H,21,23)(H,22,24). The molecule has 2 aromatic rings. The number of amides is 1. The van der Waals surface area contributed by atoms with Gasteiger partial charge >= 0.3 is 0 Å². The second-order valence-corrected chi connectivity index (χ2v) is 6.11. The number of unbranched alkanes of at least 4 members (excludes halogenated alkanes) is 2. The van der Waals surface area contributed by atoms with E-state index in [1.807, 2.05) is 0 Å². The number of ether oxygens (including phenoxy) is 2.